The van der Waals surface area contributed by atoms with Crippen LogP contribution in [-0.2, 0) is 14.9 Å². The Morgan fingerprint density at radius 3 is 2.21 bits per heavy atom. The molecule has 1 aromatic rings. The lowest BCUT2D eigenvalue weighted by atomic mass is 9.88. The van der Waals surface area contributed by atoms with E-state index in [0.29, 0.717) is 24.4 Å². The Labute approximate surface area is 162 Å². The molecule has 158 valence electrons. The maximum atomic E-state index is 12.5. The van der Waals surface area contributed by atoms with E-state index in [0.717, 1.165) is 18.6 Å². The van der Waals surface area contributed by atoms with Crippen molar-refractivity contribution in [1.29, 1.82) is 0 Å². The summed E-state index contributed by atoms with van der Waals surface area (Å²) in [6, 6.07) is 4.88. The molecular formula is C18H24F3NO5S. The third-order valence-corrected chi connectivity index (χ3v) is 5.23. The van der Waals surface area contributed by atoms with Crippen LogP contribution >= 0.6 is 0 Å². The van der Waals surface area contributed by atoms with E-state index >= 15 is 0 Å². The number of alkyl halides is 3. The van der Waals surface area contributed by atoms with Crippen LogP contribution in [0.1, 0.15) is 52.1 Å². The molecule has 1 aliphatic heterocycles. The van der Waals surface area contributed by atoms with Crippen molar-refractivity contribution in [1.82, 2.24) is 4.90 Å². The molecule has 2 rings (SSSR count). The largest absolute Gasteiger partial charge is 0.534 e. The molecule has 0 bridgehead atoms. The van der Waals surface area contributed by atoms with Gasteiger partial charge in [-0.25, -0.2) is 4.79 Å². The van der Waals surface area contributed by atoms with Crippen molar-refractivity contribution < 1.29 is 35.3 Å². The Morgan fingerprint density at radius 2 is 1.71 bits per heavy atom. The standard InChI is InChI=1S/C18H24F3NO5S/c1-12-9-10-22(16(23)26-17(2,3)4)15(11-12)13-5-7-14(8-6-13)27-28(24,25)18(19,20)21/h5-8,12,15H,9-11H2,1-4H3/t12-,15+/m1/s1. The maximum absolute atomic E-state index is 12.5. The van der Waals surface area contributed by atoms with Gasteiger partial charge in [0.25, 0.3) is 0 Å². The number of hydrogen-bond acceptors (Lipinski definition) is 5. The predicted molar refractivity (Wildman–Crippen MR) is 96.1 cm³/mol. The number of carbonyl (C=O) groups excluding carboxylic acids is 1. The highest BCUT2D eigenvalue weighted by Gasteiger charge is 2.48. The fourth-order valence-corrected chi connectivity index (χ4v) is 3.38. The number of hydrogen-bond donors (Lipinski definition) is 0. The quantitative estimate of drug-likeness (QED) is 0.524. The average Bonchev–Trinajstić information content (AvgIpc) is 2.52. The normalized spacial score (nSPS) is 21.3. The van der Waals surface area contributed by atoms with Crippen molar-refractivity contribution in [3.63, 3.8) is 0 Å². The minimum Gasteiger partial charge on any atom is -0.444 e. The van der Waals surface area contributed by atoms with Crippen molar-refractivity contribution in [3.05, 3.63) is 29.8 Å². The van der Waals surface area contributed by atoms with E-state index in [2.05, 4.69) is 4.18 Å². The lowest BCUT2D eigenvalue weighted by Gasteiger charge is -2.39. The van der Waals surface area contributed by atoms with Gasteiger partial charge in [-0.1, -0.05) is 19.1 Å². The second-order valence-corrected chi connectivity index (χ2v) is 9.41. The number of rotatable bonds is 3. The number of halogens is 3. The Hall–Kier alpha value is -1.97. The molecule has 6 nitrogen and oxygen atoms in total. The molecule has 0 unspecified atom stereocenters. The van der Waals surface area contributed by atoms with E-state index in [9.17, 15) is 26.4 Å². The monoisotopic (exact) mass is 423 g/mol. The van der Waals surface area contributed by atoms with Crippen LogP contribution in [0, 0.1) is 5.92 Å². The molecule has 0 N–H and O–H groups in total. The van der Waals surface area contributed by atoms with Crippen molar-refractivity contribution in [2.75, 3.05) is 6.54 Å². The van der Waals surface area contributed by atoms with Crippen LogP contribution in [0.2, 0.25) is 0 Å². The Kier molecular flexibility index (Phi) is 6.22. The second kappa shape index (κ2) is 7.81. The third kappa shape index (κ3) is 5.52. The molecule has 0 saturated carbocycles. The lowest BCUT2D eigenvalue weighted by molar-refractivity contribution is -0.0500. The summed E-state index contributed by atoms with van der Waals surface area (Å²) in [4.78, 5) is 14.1. The molecule has 0 radical (unpaired) electrons. The van der Waals surface area contributed by atoms with Gasteiger partial charge in [-0.2, -0.15) is 21.6 Å². The minimum atomic E-state index is -5.73. The predicted octanol–water partition coefficient (Wildman–Crippen LogP) is 4.62. The number of piperidine rings is 1. The minimum absolute atomic E-state index is 0.327. The molecule has 1 aliphatic rings. The van der Waals surface area contributed by atoms with E-state index in [4.69, 9.17) is 4.74 Å². The zero-order valence-electron chi connectivity index (χ0n) is 16.1. The van der Waals surface area contributed by atoms with E-state index in [1.54, 1.807) is 25.7 Å². The second-order valence-electron chi connectivity index (χ2n) is 7.87. The van der Waals surface area contributed by atoms with Gasteiger partial charge in [0.05, 0.1) is 6.04 Å². The topological polar surface area (TPSA) is 72.9 Å². The number of benzene rings is 1. The van der Waals surface area contributed by atoms with Crippen LogP contribution in [-0.4, -0.2) is 37.1 Å². The van der Waals surface area contributed by atoms with Crippen LogP contribution in [0.4, 0.5) is 18.0 Å². The van der Waals surface area contributed by atoms with Gasteiger partial charge in [-0.05, 0) is 57.2 Å². The van der Waals surface area contributed by atoms with Crippen molar-refractivity contribution in [3.8, 4) is 5.75 Å². The van der Waals surface area contributed by atoms with Crippen LogP contribution in [0.5, 0.6) is 5.75 Å². The van der Waals surface area contributed by atoms with Crippen LogP contribution < -0.4 is 4.18 Å². The summed E-state index contributed by atoms with van der Waals surface area (Å²) in [5.41, 5.74) is -5.50. The first-order valence-electron chi connectivity index (χ1n) is 8.80. The molecule has 0 spiro atoms. The van der Waals surface area contributed by atoms with Crippen LogP contribution in [0.3, 0.4) is 0 Å². The molecule has 1 amide bonds. The highest BCUT2D eigenvalue weighted by Crippen LogP contribution is 2.36. The van der Waals surface area contributed by atoms with Gasteiger partial charge in [0.1, 0.15) is 11.4 Å². The summed E-state index contributed by atoms with van der Waals surface area (Å²) in [7, 11) is -5.73. The molecule has 1 heterocycles. The molecule has 10 heteroatoms. The van der Waals surface area contributed by atoms with E-state index in [1.807, 2.05) is 6.92 Å². The molecular weight excluding hydrogens is 399 g/mol. The zero-order valence-corrected chi connectivity index (χ0v) is 16.9. The van der Waals surface area contributed by atoms with Gasteiger partial charge < -0.3 is 13.8 Å². The summed E-state index contributed by atoms with van der Waals surface area (Å²) in [6.45, 7) is 7.83. The number of nitrogens with zero attached hydrogens (tertiary/aromatic N) is 1. The molecule has 1 aromatic carbocycles. The van der Waals surface area contributed by atoms with Gasteiger partial charge in [0.2, 0.25) is 0 Å². The zero-order chi connectivity index (χ0) is 21.3. The average molecular weight is 423 g/mol. The smallest absolute Gasteiger partial charge is 0.444 e. The maximum Gasteiger partial charge on any atom is 0.534 e. The Bertz CT molecular complexity index is 800. The third-order valence-electron chi connectivity index (χ3n) is 4.25. The molecule has 1 fully saturated rings. The fraction of sp³-hybridized carbons (Fsp3) is 0.611. The molecule has 1 saturated heterocycles. The molecule has 0 aromatic heterocycles. The van der Waals surface area contributed by atoms with E-state index in [-0.39, 0.29) is 6.04 Å². The number of likely N-dealkylation sites (tertiary alicyclic amines) is 1. The fourth-order valence-electron chi connectivity index (χ4n) is 2.92. The van der Waals surface area contributed by atoms with Gasteiger partial charge in [-0.15, -0.1) is 0 Å². The highest BCUT2D eigenvalue weighted by atomic mass is 32.2. The summed E-state index contributed by atoms with van der Waals surface area (Å²) >= 11 is 0. The van der Waals surface area contributed by atoms with Crippen molar-refractivity contribution in [2.24, 2.45) is 5.92 Å². The molecule has 2 atom stereocenters. The van der Waals surface area contributed by atoms with Crippen LogP contribution in [0.15, 0.2) is 24.3 Å². The SMILES string of the molecule is C[C@@H]1CCN(C(=O)OC(C)(C)C)[C@H](c2ccc(OS(=O)(=O)C(F)(F)F)cc2)C1. The summed E-state index contributed by atoms with van der Waals surface area (Å²) in [5.74, 6) is -0.112. The summed E-state index contributed by atoms with van der Waals surface area (Å²) in [5, 5.41) is 0. The van der Waals surface area contributed by atoms with Gasteiger partial charge in [0, 0.05) is 6.54 Å². The first-order valence-corrected chi connectivity index (χ1v) is 10.2. The van der Waals surface area contributed by atoms with E-state index < -0.39 is 33.1 Å². The van der Waals surface area contributed by atoms with Crippen molar-refractivity contribution >= 4 is 16.2 Å². The first kappa shape index (κ1) is 22.3. The number of ether oxygens (including phenoxy) is 1. The Morgan fingerprint density at radius 1 is 1.14 bits per heavy atom. The number of amides is 1. The van der Waals surface area contributed by atoms with E-state index in [1.165, 1.54) is 12.1 Å². The van der Waals surface area contributed by atoms with Gasteiger partial charge in [0.15, 0.2) is 0 Å². The van der Waals surface area contributed by atoms with Gasteiger partial charge in [-0.3, -0.25) is 0 Å². The number of carbonyl (C=O) groups is 1. The molecule has 0 aliphatic carbocycles. The highest BCUT2D eigenvalue weighted by molar-refractivity contribution is 7.88. The lowest BCUT2D eigenvalue weighted by Crippen LogP contribution is -2.43. The van der Waals surface area contributed by atoms with Gasteiger partial charge >= 0.3 is 21.7 Å². The van der Waals surface area contributed by atoms with Crippen molar-refractivity contribution in [2.45, 2.75) is 57.7 Å². The first-order chi connectivity index (χ1) is 12.7. The summed E-state index contributed by atoms with van der Waals surface area (Å²) < 4.78 is 69.1. The molecule has 28 heavy (non-hydrogen) atoms. The summed E-state index contributed by atoms with van der Waals surface area (Å²) in [6.07, 6.45) is 0.991. The Balaban J connectivity index is 2.22. The van der Waals surface area contributed by atoms with Crippen LogP contribution in [0.25, 0.3) is 0 Å².